The van der Waals surface area contributed by atoms with E-state index in [2.05, 4.69) is 10.6 Å². The van der Waals surface area contributed by atoms with E-state index in [1.165, 1.54) is 0 Å². The number of hydrogen-bond acceptors (Lipinski definition) is 4. The zero-order chi connectivity index (χ0) is 12.0. The highest BCUT2D eigenvalue weighted by molar-refractivity contribution is 5.78. The van der Waals surface area contributed by atoms with Crippen LogP contribution in [-0.2, 0) is 9.59 Å². The van der Waals surface area contributed by atoms with Crippen molar-refractivity contribution in [3.63, 3.8) is 0 Å². The summed E-state index contributed by atoms with van der Waals surface area (Å²) >= 11 is 0. The molecule has 1 rings (SSSR count). The predicted molar refractivity (Wildman–Crippen MR) is 56.9 cm³/mol. The molecule has 6 nitrogen and oxygen atoms in total. The summed E-state index contributed by atoms with van der Waals surface area (Å²) in [5.41, 5.74) is 0. The second-order valence-electron chi connectivity index (χ2n) is 4.06. The molecule has 1 aliphatic heterocycles. The number of aliphatic hydroxyl groups is 1. The van der Waals surface area contributed by atoms with Gasteiger partial charge in [-0.2, -0.15) is 0 Å². The Bertz CT molecular complexity index is 251. The average molecular weight is 230 g/mol. The molecular formula is C10H18N2O4. The van der Waals surface area contributed by atoms with Crippen LogP contribution in [0.3, 0.4) is 0 Å². The molecule has 0 unspecified atom stereocenters. The molecule has 0 aliphatic carbocycles. The molecule has 16 heavy (non-hydrogen) atoms. The Hall–Kier alpha value is -1.14. The summed E-state index contributed by atoms with van der Waals surface area (Å²) in [6.45, 7) is 1.63. The molecule has 1 heterocycles. The zero-order valence-corrected chi connectivity index (χ0v) is 9.11. The normalized spacial score (nSPS) is 19.1. The largest absolute Gasteiger partial charge is 0.479 e. The van der Waals surface area contributed by atoms with Gasteiger partial charge in [-0.1, -0.05) is 0 Å². The molecular weight excluding hydrogens is 212 g/mol. The van der Waals surface area contributed by atoms with Crippen LogP contribution < -0.4 is 10.6 Å². The lowest BCUT2D eigenvalue weighted by atomic mass is 9.94. The fourth-order valence-electron chi connectivity index (χ4n) is 1.72. The van der Waals surface area contributed by atoms with E-state index in [0.717, 1.165) is 25.9 Å². The standard InChI is InChI=1S/C10H18N2O4/c13-8(10(15)16)6-12-9(14)5-7-1-3-11-4-2-7/h7-8,11,13H,1-6H2,(H,12,14)(H,15,16)/t8-/m0/s1. The minimum Gasteiger partial charge on any atom is -0.479 e. The van der Waals surface area contributed by atoms with Crippen molar-refractivity contribution >= 4 is 11.9 Å². The number of carbonyl (C=O) groups excluding carboxylic acids is 1. The smallest absolute Gasteiger partial charge is 0.334 e. The Kier molecular flexibility index (Phi) is 5.21. The van der Waals surface area contributed by atoms with E-state index in [9.17, 15) is 9.59 Å². The monoisotopic (exact) mass is 230 g/mol. The molecule has 0 aromatic heterocycles. The summed E-state index contributed by atoms with van der Waals surface area (Å²) in [5, 5.41) is 23.0. The van der Waals surface area contributed by atoms with Crippen molar-refractivity contribution in [2.24, 2.45) is 5.92 Å². The van der Waals surface area contributed by atoms with E-state index >= 15 is 0 Å². The van der Waals surface area contributed by atoms with Gasteiger partial charge in [0.15, 0.2) is 6.10 Å². The summed E-state index contributed by atoms with van der Waals surface area (Å²) in [4.78, 5) is 21.7. The molecule has 1 saturated heterocycles. The molecule has 4 N–H and O–H groups in total. The Balaban J connectivity index is 2.17. The molecule has 0 aromatic rings. The molecule has 1 atom stereocenters. The second kappa shape index (κ2) is 6.44. The van der Waals surface area contributed by atoms with Crippen molar-refractivity contribution in [3.8, 4) is 0 Å². The number of carboxylic acid groups (broad SMARTS) is 1. The number of aliphatic hydroxyl groups excluding tert-OH is 1. The topological polar surface area (TPSA) is 98.7 Å². The van der Waals surface area contributed by atoms with Gasteiger partial charge in [0.2, 0.25) is 5.91 Å². The van der Waals surface area contributed by atoms with Gasteiger partial charge in [0.1, 0.15) is 0 Å². The Morgan fingerprint density at radius 1 is 1.38 bits per heavy atom. The summed E-state index contributed by atoms with van der Waals surface area (Å²) in [6.07, 6.45) is 0.828. The van der Waals surface area contributed by atoms with Crippen LogP contribution in [-0.4, -0.2) is 47.8 Å². The number of carboxylic acids is 1. The van der Waals surface area contributed by atoms with Gasteiger partial charge in [0, 0.05) is 6.42 Å². The van der Waals surface area contributed by atoms with E-state index in [-0.39, 0.29) is 12.5 Å². The first-order chi connectivity index (χ1) is 7.59. The van der Waals surface area contributed by atoms with Crippen LogP contribution in [0.1, 0.15) is 19.3 Å². The van der Waals surface area contributed by atoms with Crippen LogP contribution in [0.5, 0.6) is 0 Å². The number of hydrogen-bond donors (Lipinski definition) is 4. The predicted octanol–water partition coefficient (Wildman–Crippen LogP) is -1.06. The van der Waals surface area contributed by atoms with Gasteiger partial charge < -0.3 is 20.8 Å². The Morgan fingerprint density at radius 2 is 2.00 bits per heavy atom. The lowest BCUT2D eigenvalue weighted by Gasteiger charge is -2.22. The van der Waals surface area contributed by atoms with Gasteiger partial charge in [0.05, 0.1) is 6.54 Å². The molecule has 1 fully saturated rings. The third kappa shape index (κ3) is 4.59. The van der Waals surface area contributed by atoms with Gasteiger partial charge in [-0.25, -0.2) is 4.79 Å². The number of nitrogens with one attached hydrogen (secondary N) is 2. The van der Waals surface area contributed by atoms with Gasteiger partial charge in [-0.3, -0.25) is 4.79 Å². The number of amides is 1. The maximum atomic E-state index is 11.4. The molecule has 0 radical (unpaired) electrons. The van der Waals surface area contributed by atoms with E-state index < -0.39 is 12.1 Å². The number of piperidine rings is 1. The molecule has 0 saturated carbocycles. The molecule has 6 heteroatoms. The molecule has 0 bridgehead atoms. The summed E-state index contributed by atoms with van der Waals surface area (Å²) in [5.74, 6) is -1.14. The number of carbonyl (C=O) groups is 2. The molecule has 1 aliphatic rings. The highest BCUT2D eigenvalue weighted by Crippen LogP contribution is 2.15. The van der Waals surface area contributed by atoms with E-state index in [1.807, 2.05) is 0 Å². The third-order valence-corrected chi connectivity index (χ3v) is 2.71. The first kappa shape index (κ1) is 12.9. The van der Waals surface area contributed by atoms with Gasteiger partial charge in [-0.05, 0) is 31.8 Å². The van der Waals surface area contributed by atoms with Crippen molar-refractivity contribution in [1.82, 2.24) is 10.6 Å². The first-order valence-electron chi connectivity index (χ1n) is 5.48. The van der Waals surface area contributed by atoms with E-state index in [1.54, 1.807) is 0 Å². The minimum atomic E-state index is -1.52. The minimum absolute atomic E-state index is 0.188. The maximum Gasteiger partial charge on any atom is 0.334 e. The zero-order valence-electron chi connectivity index (χ0n) is 9.11. The Morgan fingerprint density at radius 3 is 2.56 bits per heavy atom. The van der Waals surface area contributed by atoms with Crippen molar-refractivity contribution in [2.45, 2.75) is 25.4 Å². The van der Waals surface area contributed by atoms with Crippen LogP contribution in [0.25, 0.3) is 0 Å². The molecule has 92 valence electrons. The first-order valence-corrected chi connectivity index (χ1v) is 5.48. The maximum absolute atomic E-state index is 11.4. The van der Waals surface area contributed by atoms with Gasteiger partial charge in [-0.15, -0.1) is 0 Å². The van der Waals surface area contributed by atoms with Crippen LogP contribution in [0, 0.1) is 5.92 Å². The average Bonchev–Trinajstić information content (AvgIpc) is 2.27. The van der Waals surface area contributed by atoms with E-state index in [4.69, 9.17) is 10.2 Å². The summed E-state index contributed by atoms with van der Waals surface area (Å²) < 4.78 is 0. The van der Waals surface area contributed by atoms with Crippen molar-refractivity contribution < 1.29 is 19.8 Å². The lowest BCUT2D eigenvalue weighted by molar-refractivity contribution is -0.146. The lowest BCUT2D eigenvalue weighted by Crippen LogP contribution is -2.38. The highest BCUT2D eigenvalue weighted by Gasteiger charge is 2.18. The highest BCUT2D eigenvalue weighted by atomic mass is 16.4. The quantitative estimate of drug-likeness (QED) is 0.482. The molecule has 1 amide bonds. The van der Waals surface area contributed by atoms with Crippen LogP contribution >= 0.6 is 0 Å². The van der Waals surface area contributed by atoms with Crippen molar-refractivity contribution in [1.29, 1.82) is 0 Å². The van der Waals surface area contributed by atoms with Gasteiger partial charge in [0.25, 0.3) is 0 Å². The summed E-state index contributed by atoms with van der Waals surface area (Å²) in [7, 11) is 0. The van der Waals surface area contributed by atoms with Gasteiger partial charge >= 0.3 is 5.97 Å². The van der Waals surface area contributed by atoms with Crippen molar-refractivity contribution in [2.75, 3.05) is 19.6 Å². The van der Waals surface area contributed by atoms with Crippen LogP contribution in [0.2, 0.25) is 0 Å². The number of rotatable bonds is 5. The third-order valence-electron chi connectivity index (χ3n) is 2.71. The SMILES string of the molecule is O=C(CC1CCNCC1)NC[C@H](O)C(=O)O. The second-order valence-corrected chi connectivity index (χ2v) is 4.06. The molecule has 0 spiro atoms. The van der Waals surface area contributed by atoms with Crippen LogP contribution in [0.15, 0.2) is 0 Å². The van der Waals surface area contributed by atoms with Crippen LogP contribution in [0.4, 0.5) is 0 Å². The Labute approximate surface area is 94.0 Å². The fourth-order valence-corrected chi connectivity index (χ4v) is 1.72. The molecule has 0 aromatic carbocycles. The van der Waals surface area contributed by atoms with E-state index in [0.29, 0.717) is 12.3 Å². The number of aliphatic carboxylic acids is 1. The fraction of sp³-hybridized carbons (Fsp3) is 0.800. The summed E-state index contributed by atoms with van der Waals surface area (Å²) in [6, 6.07) is 0. The van der Waals surface area contributed by atoms with Crippen molar-refractivity contribution in [3.05, 3.63) is 0 Å².